The number of methoxy groups -OCH3 is 1. The molecule has 0 unspecified atom stereocenters. The topological polar surface area (TPSA) is 46.6 Å². The Kier molecular flexibility index (Phi) is 11.0. The van der Waals surface area contributed by atoms with Crippen molar-refractivity contribution >= 4 is 35.6 Å². The predicted octanol–water partition coefficient (Wildman–Crippen LogP) is 2.04. The predicted molar refractivity (Wildman–Crippen MR) is 137 cm³/mol. The summed E-state index contributed by atoms with van der Waals surface area (Å²) in [5, 5.41) is 3.49. The van der Waals surface area contributed by atoms with Crippen molar-refractivity contribution < 1.29 is 4.74 Å². The fraction of sp³-hybridized carbons (Fsp3) is 0.682. The van der Waals surface area contributed by atoms with Crippen molar-refractivity contribution in [2.24, 2.45) is 4.99 Å². The lowest BCUT2D eigenvalue weighted by atomic mass is 10.2. The van der Waals surface area contributed by atoms with Crippen LogP contribution in [0, 0.1) is 0 Å². The molecule has 2 aliphatic heterocycles. The van der Waals surface area contributed by atoms with Gasteiger partial charge in [0.2, 0.25) is 0 Å². The summed E-state index contributed by atoms with van der Waals surface area (Å²) in [5.74, 6) is 2.00. The highest BCUT2D eigenvalue weighted by Gasteiger charge is 2.21. The molecule has 2 heterocycles. The third-order valence-corrected chi connectivity index (χ3v) is 5.83. The normalized spacial score (nSPS) is 19.2. The summed E-state index contributed by atoms with van der Waals surface area (Å²) in [6, 6.07) is 8.29. The number of anilines is 1. The molecular formula is C22H39IN6O. The van der Waals surface area contributed by atoms with Gasteiger partial charge in [-0.15, -0.1) is 24.0 Å². The van der Waals surface area contributed by atoms with Crippen molar-refractivity contribution in [2.75, 3.05) is 91.0 Å². The summed E-state index contributed by atoms with van der Waals surface area (Å²) in [5.41, 5.74) is 1.18. The molecular weight excluding hydrogens is 491 g/mol. The van der Waals surface area contributed by atoms with Crippen LogP contribution in [-0.4, -0.2) is 107 Å². The van der Waals surface area contributed by atoms with Crippen LogP contribution < -0.4 is 15.0 Å². The molecule has 2 saturated heterocycles. The van der Waals surface area contributed by atoms with E-state index in [2.05, 4.69) is 51.0 Å². The van der Waals surface area contributed by atoms with Gasteiger partial charge in [-0.05, 0) is 45.6 Å². The molecule has 1 aromatic rings. The molecule has 0 atom stereocenters. The van der Waals surface area contributed by atoms with Crippen molar-refractivity contribution in [2.45, 2.75) is 13.3 Å². The van der Waals surface area contributed by atoms with Gasteiger partial charge >= 0.3 is 0 Å². The van der Waals surface area contributed by atoms with Crippen LogP contribution in [0.2, 0.25) is 0 Å². The molecule has 30 heavy (non-hydrogen) atoms. The summed E-state index contributed by atoms with van der Waals surface area (Å²) >= 11 is 0. The van der Waals surface area contributed by atoms with Crippen LogP contribution in [0.3, 0.4) is 0 Å². The Morgan fingerprint density at radius 3 is 2.53 bits per heavy atom. The molecule has 170 valence electrons. The number of aliphatic imine (C=N–C) groups is 1. The van der Waals surface area contributed by atoms with Gasteiger partial charge in [0.1, 0.15) is 5.75 Å². The number of benzene rings is 1. The van der Waals surface area contributed by atoms with Crippen molar-refractivity contribution in [3.8, 4) is 5.75 Å². The maximum atomic E-state index is 5.54. The number of piperazine rings is 1. The van der Waals surface area contributed by atoms with Crippen molar-refractivity contribution in [1.82, 2.24) is 20.0 Å². The van der Waals surface area contributed by atoms with Gasteiger partial charge in [-0.1, -0.05) is 12.1 Å². The minimum Gasteiger partial charge on any atom is -0.495 e. The summed E-state index contributed by atoms with van der Waals surface area (Å²) in [6.07, 6.45) is 1.26. The lowest BCUT2D eigenvalue weighted by Gasteiger charge is -2.38. The number of hydrogen-bond donors (Lipinski definition) is 1. The lowest BCUT2D eigenvalue weighted by molar-refractivity contribution is 0.282. The Morgan fingerprint density at radius 1 is 1.03 bits per heavy atom. The first-order valence-electron chi connectivity index (χ1n) is 11.0. The van der Waals surface area contributed by atoms with Crippen LogP contribution >= 0.6 is 24.0 Å². The van der Waals surface area contributed by atoms with E-state index >= 15 is 0 Å². The Morgan fingerprint density at radius 2 is 1.80 bits per heavy atom. The van der Waals surface area contributed by atoms with Gasteiger partial charge in [-0.2, -0.15) is 0 Å². The van der Waals surface area contributed by atoms with E-state index in [1.165, 1.54) is 25.2 Å². The fourth-order valence-electron chi connectivity index (χ4n) is 4.10. The summed E-state index contributed by atoms with van der Waals surface area (Å²) in [4.78, 5) is 14.7. The Balaban J connectivity index is 0.00000320. The molecule has 7 nitrogen and oxygen atoms in total. The number of hydrogen-bond acceptors (Lipinski definition) is 5. The zero-order valence-electron chi connectivity index (χ0n) is 18.8. The average molecular weight is 530 g/mol. The number of para-hydroxylation sites is 2. The number of guanidine groups is 1. The monoisotopic (exact) mass is 530 g/mol. The van der Waals surface area contributed by atoms with Gasteiger partial charge in [0.15, 0.2) is 5.96 Å². The third kappa shape index (κ3) is 7.16. The highest BCUT2D eigenvalue weighted by molar-refractivity contribution is 14.0. The van der Waals surface area contributed by atoms with Gasteiger partial charge in [-0.25, -0.2) is 0 Å². The second-order valence-corrected chi connectivity index (χ2v) is 7.88. The first-order valence-corrected chi connectivity index (χ1v) is 11.0. The van der Waals surface area contributed by atoms with E-state index in [0.29, 0.717) is 0 Å². The van der Waals surface area contributed by atoms with Gasteiger partial charge in [-0.3, -0.25) is 4.99 Å². The number of nitrogens with one attached hydrogen (secondary N) is 1. The summed E-state index contributed by atoms with van der Waals surface area (Å²) < 4.78 is 5.54. The van der Waals surface area contributed by atoms with Crippen LogP contribution in [0.4, 0.5) is 5.69 Å². The zero-order valence-corrected chi connectivity index (χ0v) is 21.2. The molecule has 2 fully saturated rings. The SMILES string of the molecule is CCNC(=NCCN1CCCN(C)CC1)N1CCN(c2ccccc2OC)CC1.I. The van der Waals surface area contributed by atoms with Crippen LogP contribution in [0.1, 0.15) is 13.3 Å². The fourth-order valence-corrected chi connectivity index (χ4v) is 4.10. The largest absolute Gasteiger partial charge is 0.495 e. The first-order chi connectivity index (χ1) is 14.2. The second kappa shape index (κ2) is 13.2. The molecule has 0 spiro atoms. The minimum atomic E-state index is 0. The molecule has 3 rings (SSSR count). The first kappa shape index (κ1) is 25.0. The van der Waals surface area contributed by atoms with Gasteiger partial charge in [0, 0.05) is 52.4 Å². The molecule has 0 amide bonds. The standard InChI is InChI=1S/C22H38N6O.HI/c1-4-23-22(24-10-13-26-12-7-11-25(2)14-15-26)28-18-16-27(17-19-28)20-8-5-6-9-21(20)29-3;/h5-6,8-9H,4,7,10-19H2,1-3H3,(H,23,24);1H. The third-order valence-electron chi connectivity index (χ3n) is 5.83. The highest BCUT2D eigenvalue weighted by atomic mass is 127. The van der Waals surface area contributed by atoms with Gasteiger partial charge < -0.3 is 29.7 Å². The number of rotatable bonds is 6. The summed E-state index contributed by atoms with van der Waals surface area (Å²) in [6.45, 7) is 13.6. The molecule has 0 aromatic heterocycles. The number of likely N-dealkylation sites (N-methyl/N-ethyl adjacent to an activating group) is 1. The van der Waals surface area contributed by atoms with Crippen LogP contribution in [0.15, 0.2) is 29.3 Å². The minimum absolute atomic E-state index is 0. The molecule has 1 aromatic carbocycles. The summed E-state index contributed by atoms with van der Waals surface area (Å²) in [7, 11) is 3.96. The van der Waals surface area contributed by atoms with Crippen molar-refractivity contribution in [3.63, 3.8) is 0 Å². The Bertz CT molecular complexity index is 650. The quantitative estimate of drug-likeness (QED) is 0.345. The van der Waals surface area contributed by atoms with E-state index in [1.807, 2.05) is 12.1 Å². The molecule has 8 heteroatoms. The van der Waals surface area contributed by atoms with Gasteiger partial charge in [0.25, 0.3) is 0 Å². The molecule has 0 radical (unpaired) electrons. The molecule has 2 aliphatic rings. The molecule has 0 bridgehead atoms. The van der Waals surface area contributed by atoms with E-state index in [-0.39, 0.29) is 24.0 Å². The van der Waals surface area contributed by atoms with E-state index < -0.39 is 0 Å². The zero-order chi connectivity index (χ0) is 20.5. The highest BCUT2D eigenvalue weighted by Crippen LogP contribution is 2.28. The maximum absolute atomic E-state index is 5.54. The number of ether oxygens (including phenoxy) is 1. The Labute approximate surface area is 199 Å². The van der Waals surface area contributed by atoms with E-state index in [0.717, 1.165) is 70.6 Å². The number of halogens is 1. The lowest BCUT2D eigenvalue weighted by Crippen LogP contribution is -2.52. The van der Waals surface area contributed by atoms with Crippen molar-refractivity contribution in [1.29, 1.82) is 0 Å². The maximum Gasteiger partial charge on any atom is 0.194 e. The molecule has 0 saturated carbocycles. The average Bonchev–Trinajstić information content (AvgIpc) is 2.97. The van der Waals surface area contributed by atoms with Crippen LogP contribution in [0.5, 0.6) is 5.75 Å². The molecule has 1 N–H and O–H groups in total. The smallest absolute Gasteiger partial charge is 0.194 e. The Hall–Kier alpha value is -1.26. The van der Waals surface area contributed by atoms with Crippen molar-refractivity contribution in [3.05, 3.63) is 24.3 Å². The molecule has 0 aliphatic carbocycles. The van der Waals surface area contributed by atoms with Crippen LogP contribution in [0.25, 0.3) is 0 Å². The van der Waals surface area contributed by atoms with Gasteiger partial charge in [0.05, 0.1) is 19.3 Å². The second-order valence-electron chi connectivity index (χ2n) is 7.88. The number of nitrogens with zero attached hydrogens (tertiary/aromatic N) is 5. The van der Waals surface area contributed by atoms with Crippen LogP contribution in [-0.2, 0) is 0 Å². The van der Waals surface area contributed by atoms with E-state index in [1.54, 1.807) is 7.11 Å². The van der Waals surface area contributed by atoms with E-state index in [9.17, 15) is 0 Å². The van der Waals surface area contributed by atoms with E-state index in [4.69, 9.17) is 9.73 Å².